The highest BCUT2D eigenvalue weighted by atomic mass is 16.3. The number of carbonyl (C=O) groups is 2. The molecule has 1 aliphatic heterocycles. The molecule has 0 radical (unpaired) electrons. The predicted octanol–water partition coefficient (Wildman–Crippen LogP) is 0.640. The topological polar surface area (TPSA) is 62.6 Å². The minimum Gasteiger partial charge on any atom is -0.465 e. The van der Waals surface area contributed by atoms with Crippen LogP contribution in [0, 0.1) is 0 Å². The van der Waals surface area contributed by atoms with Gasteiger partial charge in [0.25, 0.3) is 0 Å². The fourth-order valence-electron chi connectivity index (χ4n) is 1.75. The van der Waals surface area contributed by atoms with Crippen molar-refractivity contribution in [3.8, 4) is 0 Å². The number of nitrogens with one attached hydrogen (secondary N) is 1. The number of likely N-dealkylation sites (tertiary alicyclic amines) is 1. The van der Waals surface area contributed by atoms with E-state index in [4.69, 9.17) is 4.42 Å². The van der Waals surface area contributed by atoms with Gasteiger partial charge in [-0.1, -0.05) is 0 Å². The fourth-order valence-corrected chi connectivity index (χ4v) is 1.75. The number of furan rings is 1. The van der Waals surface area contributed by atoms with E-state index in [9.17, 15) is 9.59 Å². The van der Waals surface area contributed by atoms with Crippen molar-refractivity contribution < 1.29 is 14.0 Å². The average molecular weight is 234 g/mol. The van der Waals surface area contributed by atoms with Gasteiger partial charge in [0.1, 0.15) is 5.76 Å². The number of likely N-dealkylation sites (N-methyl/N-ethyl adjacent to an activating group) is 1. The standard InChI is InChI=1S/C12H14N2O3/c1-14-8-9(7-12(14)16)13-11(15)5-4-10-3-2-6-17-10/h2-6,9H,7-8H2,1H3,(H,13,15). The molecule has 0 aliphatic carbocycles. The van der Waals surface area contributed by atoms with Gasteiger partial charge in [-0.25, -0.2) is 0 Å². The number of nitrogens with zero attached hydrogens (tertiary/aromatic N) is 1. The van der Waals surface area contributed by atoms with E-state index in [2.05, 4.69) is 5.32 Å². The van der Waals surface area contributed by atoms with Gasteiger partial charge in [0, 0.05) is 26.1 Å². The van der Waals surface area contributed by atoms with Gasteiger partial charge in [0.05, 0.1) is 12.3 Å². The summed E-state index contributed by atoms with van der Waals surface area (Å²) in [7, 11) is 1.73. The molecular formula is C12H14N2O3. The van der Waals surface area contributed by atoms with Gasteiger partial charge in [-0.15, -0.1) is 0 Å². The van der Waals surface area contributed by atoms with Gasteiger partial charge in [0.2, 0.25) is 11.8 Å². The second-order valence-corrected chi connectivity index (χ2v) is 4.03. The summed E-state index contributed by atoms with van der Waals surface area (Å²) in [5.74, 6) is 0.472. The number of amides is 2. The summed E-state index contributed by atoms with van der Waals surface area (Å²) in [5, 5.41) is 2.77. The molecule has 1 saturated heterocycles. The van der Waals surface area contributed by atoms with E-state index in [1.807, 2.05) is 0 Å². The molecule has 1 aromatic rings. The molecule has 0 spiro atoms. The van der Waals surface area contributed by atoms with Crippen LogP contribution in [0.5, 0.6) is 0 Å². The molecule has 1 unspecified atom stereocenters. The highest BCUT2D eigenvalue weighted by molar-refractivity contribution is 5.92. The molecule has 0 aromatic carbocycles. The zero-order valence-corrected chi connectivity index (χ0v) is 9.55. The van der Waals surface area contributed by atoms with Crippen molar-refractivity contribution in [3.05, 3.63) is 30.2 Å². The van der Waals surface area contributed by atoms with Crippen LogP contribution in [-0.4, -0.2) is 36.3 Å². The van der Waals surface area contributed by atoms with E-state index < -0.39 is 0 Å². The van der Waals surface area contributed by atoms with Crippen LogP contribution in [0.2, 0.25) is 0 Å². The SMILES string of the molecule is CN1CC(NC(=O)C=Cc2ccco2)CC1=O. The molecule has 1 fully saturated rings. The number of hydrogen-bond donors (Lipinski definition) is 1. The Balaban J connectivity index is 1.84. The van der Waals surface area contributed by atoms with Crippen molar-refractivity contribution >= 4 is 17.9 Å². The maximum absolute atomic E-state index is 11.5. The first-order chi connectivity index (χ1) is 8.15. The summed E-state index contributed by atoms with van der Waals surface area (Å²) in [6.07, 6.45) is 4.91. The molecule has 2 rings (SSSR count). The summed E-state index contributed by atoms with van der Waals surface area (Å²) in [6, 6.07) is 3.42. The summed E-state index contributed by atoms with van der Waals surface area (Å²) in [5.41, 5.74) is 0. The zero-order valence-electron chi connectivity index (χ0n) is 9.55. The van der Waals surface area contributed by atoms with Gasteiger partial charge in [0.15, 0.2) is 0 Å². The first-order valence-corrected chi connectivity index (χ1v) is 5.41. The van der Waals surface area contributed by atoms with Crippen molar-refractivity contribution in [2.75, 3.05) is 13.6 Å². The second-order valence-electron chi connectivity index (χ2n) is 4.03. The molecule has 1 aliphatic rings. The third-order valence-electron chi connectivity index (χ3n) is 2.63. The largest absolute Gasteiger partial charge is 0.465 e. The molecule has 1 atom stereocenters. The van der Waals surface area contributed by atoms with Crippen LogP contribution in [0.1, 0.15) is 12.2 Å². The van der Waals surface area contributed by atoms with Crippen LogP contribution >= 0.6 is 0 Å². The van der Waals surface area contributed by atoms with Gasteiger partial charge in [-0.3, -0.25) is 9.59 Å². The first kappa shape index (κ1) is 11.4. The molecule has 2 heterocycles. The fraction of sp³-hybridized carbons (Fsp3) is 0.333. The monoisotopic (exact) mass is 234 g/mol. The third-order valence-corrected chi connectivity index (χ3v) is 2.63. The molecular weight excluding hydrogens is 220 g/mol. The maximum atomic E-state index is 11.5. The van der Waals surface area contributed by atoms with E-state index in [0.717, 1.165) is 0 Å². The predicted molar refractivity (Wildman–Crippen MR) is 61.9 cm³/mol. The van der Waals surface area contributed by atoms with Gasteiger partial charge < -0.3 is 14.6 Å². The Kier molecular flexibility index (Phi) is 3.27. The lowest BCUT2D eigenvalue weighted by Crippen LogP contribution is -2.35. The van der Waals surface area contributed by atoms with Crippen LogP contribution in [0.3, 0.4) is 0 Å². The Morgan fingerprint density at radius 1 is 1.65 bits per heavy atom. The normalized spacial score (nSPS) is 20.2. The van der Waals surface area contributed by atoms with Crippen molar-refractivity contribution in [1.82, 2.24) is 10.2 Å². The van der Waals surface area contributed by atoms with Gasteiger partial charge >= 0.3 is 0 Å². The van der Waals surface area contributed by atoms with Crippen LogP contribution in [0.15, 0.2) is 28.9 Å². The van der Waals surface area contributed by atoms with Crippen molar-refractivity contribution in [2.24, 2.45) is 0 Å². The van der Waals surface area contributed by atoms with Crippen molar-refractivity contribution in [1.29, 1.82) is 0 Å². The Morgan fingerprint density at radius 2 is 2.47 bits per heavy atom. The number of rotatable bonds is 3. The smallest absolute Gasteiger partial charge is 0.244 e. The summed E-state index contributed by atoms with van der Waals surface area (Å²) in [4.78, 5) is 24.4. The van der Waals surface area contributed by atoms with Crippen LogP contribution in [0.25, 0.3) is 6.08 Å². The number of carbonyl (C=O) groups excluding carboxylic acids is 2. The van der Waals surface area contributed by atoms with Crippen LogP contribution in [0.4, 0.5) is 0 Å². The van der Waals surface area contributed by atoms with E-state index in [1.165, 1.54) is 6.08 Å². The molecule has 1 N–H and O–H groups in total. The highest BCUT2D eigenvalue weighted by Crippen LogP contribution is 2.08. The Bertz CT molecular complexity index is 437. The Morgan fingerprint density at radius 3 is 3.06 bits per heavy atom. The van der Waals surface area contributed by atoms with Crippen molar-refractivity contribution in [2.45, 2.75) is 12.5 Å². The quantitative estimate of drug-likeness (QED) is 0.781. The third kappa shape index (κ3) is 2.96. The lowest BCUT2D eigenvalue weighted by atomic mass is 10.2. The summed E-state index contributed by atoms with van der Waals surface area (Å²) in [6.45, 7) is 0.569. The summed E-state index contributed by atoms with van der Waals surface area (Å²) < 4.78 is 5.06. The molecule has 2 amide bonds. The Labute approximate surface area is 99.1 Å². The van der Waals surface area contributed by atoms with E-state index in [-0.39, 0.29) is 17.9 Å². The number of hydrogen-bond acceptors (Lipinski definition) is 3. The lowest BCUT2D eigenvalue weighted by Gasteiger charge is -2.10. The van der Waals surface area contributed by atoms with E-state index >= 15 is 0 Å². The molecule has 5 heteroatoms. The van der Waals surface area contributed by atoms with Gasteiger partial charge in [-0.2, -0.15) is 0 Å². The first-order valence-electron chi connectivity index (χ1n) is 5.41. The highest BCUT2D eigenvalue weighted by Gasteiger charge is 2.27. The molecule has 90 valence electrons. The minimum absolute atomic E-state index is 0.0605. The maximum Gasteiger partial charge on any atom is 0.244 e. The molecule has 0 saturated carbocycles. The van der Waals surface area contributed by atoms with E-state index in [1.54, 1.807) is 36.4 Å². The van der Waals surface area contributed by atoms with Crippen molar-refractivity contribution in [3.63, 3.8) is 0 Å². The van der Waals surface area contributed by atoms with Gasteiger partial charge in [-0.05, 0) is 18.2 Å². The molecule has 1 aromatic heterocycles. The molecule has 0 bridgehead atoms. The molecule has 17 heavy (non-hydrogen) atoms. The Hall–Kier alpha value is -2.04. The second kappa shape index (κ2) is 4.86. The van der Waals surface area contributed by atoms with Crippen LogP contribution in [-0.2, 0) is 9.59 Å². The van der Waals surface area contributed by atoms with E-state index in [0.29, 0.717) is 18.7 Å². The zero-order chi connectivity index (χ0) is 12.3. The van der Waals surface area contributed by atoms with Crippen LogP contribution < -0.4 is 5.32 Å². The summed E-state index contributed by atoms with van der Waals surface area (Å²) >= 11 is 0. The average Bonchev–Trinajstić information content (AvgIpc) is 2.87. The minimum atomic E-state index is -0.213. The molecule has 5 nitrogen and oxygen atoms in total. The lowest BCUT2D eigenvalue weighted by molar-refractivity contribution is -0.126.